The van der Waals surface area contributed by atoms with Gasteiger partial charge in [-0.15, -0.1) is 0 Å². The molecular formula is C26H28N4O2. The summed E-state index contributed by atoms with van der Waals surface area (Å²) in [4.78, 5) is 6.75. The third-order valence-corrected chi connectivity index (χ3v) is 6.01. The van der Waals surface area contributed by atoms with Crippen molar-refractivity contribution in [3.63, 3.8) is 0 Å². The lowest BCUT2D eigenvalue weighted by molar-refractivity contribution is 0.121. The zero-order valence-corrected chi connectivity index (χ0v) is 18.4. The van der Waals surface area contributed by atoms with Gasteiger partial charge in [-0.3, -0.25) is 4.90 Å². The average molecular weight is 429 g/mol. The molecule has 1 aliphatic heterocycles. The van der Waals surface area contributed by atoms with Gasteiger partial charge in [-0.05, 0) is 41.8 Å². The molecule has 0 unspecified atom stereocenters. The van der Waals surface area contributed by atoms with Crippen LogP contribution in [0.3, 0.4) is 0 Å². The fourth-order valence-electron chi connectivity index (χ4n) is 4.43. The summed E-state index contributed by atoms with van der Waals surface area (Å²) in [7, 11) is 1.74. The van der Waals surface area contributed by atoms with E-state index in [0.717, 1.165) is 56.4 Å². The molecule has 1 aliphatic rings. The molecule has 3 heterocycles. The Balaban J connectivity index is 1.32. The van der Waals surface area contributed by atoms with Gasteiger partial charge in [-0.1, -0.05) is 36.4 Å². The molecule has 4 aromatic rings. The number of imidazole rings is 1. The summed E-state index contributed by atoms with van der Waals surface area (Å²) >= 11 is 0. The molecule has 1 fully saturated rings. The molecule has 0 spiro atoms. The topological polar surface area (TPSA) is 51.9 Å². The third kappa shape index (κ3) is 4.66. The molecule has 0 aliphatic carbocycles. The lowest BCUT2D eigenvalue weighted by Crippen LogP contribution is -2.30. The van der Waals surface area contributed by atoms with Crippen molar-refractivity contribution >= 4 is 5.65 Å². The van der Waals surface area contributed by atoms with Gasteiger partial charge in [0.05, 0.1) is 26.0 Å². The van der Waals surface area contributed by atoms with Gasteiger partial charge >= 0.3 is 0 Å². The number of aromatic nitrogens is 3. The molecule has 5 rings (SSSR count). The van der Waals surface area contributed by atoms with Crippen molar-refractivity contribution in [1.29, 1.82) is 0 Å². The SMILES string of the molecule is COc1ccc(-c2ccccc2)cc1CN1CCOC[C@@H](Cc2ccc3nccn3n2)C1. The Morgan fingerprint density at radius 2 is 1.97 bits per heavy atom. The second-order valence-corrected chi connectivity index (χ2v) is 8.33. The number of fused-ring (bicyclic) bond motifs is 1. The van der Waals surface area contributed by atoms with Crippen LogP contribution in [0.1, 0.15) is 11.3 Å². The molecular weight excluding hydrogens is 400 g/mol. The Morgan fingerprint density at radius 3 is 2.84 bits per heavy atom. The second kappa shape index (κ2) is 9.51. The number of hydrogen-bond acceptors (Lipinski definition) is 5. The fourth-order valence-corrected chi connectivity index (χ4v) is 4.43. The molecule has 0 radical (unpaired) electrons. The summed E-state index contributed by atoms with van der Waals surface area (Å²) in [6.45, 7) is 4.19. The second-order valence-electron chi connectivity index (χ2n) is 8.33. The van der Waals surface area contributed by atoms with Crippen molar-refractivity contribution < 1.29 is 9.47 Å². The Labute approximate surface area is 188 Å². The van der Waals surface area contributed by atoms with Crippen LogP contribution in [-0.2, 0) is 17.7 Å². The summed E-state index contributed by atoms with van der Waals surface area (Å²) < 4.78 is 13.5. The highest BCUT2D eigenvalue weighted by molar-refractivity contribution is 5.65. The number of methoxy groups -OCH3 is 1. The van der Waals surface area contributed by atoms with Crippen LogP contribution < -0.4 is 4.74 Å². The summed E-state index contributed by atoms with van der Waals surface area (Å²) in [5.41, 5.74) is 5.57. The molecule has 1 atom stereocenters. The van der Waals surface area contributed by atoms with E-state index in [2.05, 4.69) is 58.4 Å². The van der Waals surface area contributed by atoms with Crippen molar-refractivity contribution in [3.8, 4) is 16.9 Å². The van der Waals surface area contributed by atoms with Crippen molar-refractivity contribution in [3.05, 3.63) is 84.3 Å². The van der Waals surface area contributed by atoms with Crippen LogP contribution >= 0.6 is 0 Å². The van der Waals surface area contributed by atoms with E-state index in [-0.39, 0.29) is 0 Å². The van der Waals surface area contributed by atoms with Gasteiger partial charge in [0.2, 0.25) is 0 Å². The molecule has 0 saturated carbocycles. The van der Waals surface area contributed by atoms with E-state index >= 15 is 0 Å². The molecule has 1 saturated heterocycles. The molecule has 164 valence electrons. The van der Waals surface area contributed by atoms with Crippen molar-refractivity contribution in [2.75, 3.05) is 33.4 Å². The van der Waals surface area contributed by atoms with Gasteiger partial charge in [-0.25, -0.2) is 9.50 Å². The number of hydrogen-bond donors (Lipinski definition) is 0. The predicted molar refractivity (Wildman–Crippen MR) is 125 cm³/mol. The maximum atomic E-state index is 5.95. The highest BCUT2D eigenvalue weighted by Crippen LogP contribution is 2.28. The van der Waals surface area contributed by atoms with Gasteiger partial charge in [0.25, 0.3) is 0 Å². The molecule has 2 aromatic heterocycles. The summed E-state index contributed by atoms with van der Waals surface area (Å²) in [6, 6.07) is 21.0. The molecule has 32 heavy (non-hydrogen) atoms. The zero-order chi connectivity index (χ0) is 21.8. The average Bonchev–Trinajstić information content (AvgIpc) is 3.19. The van der Waals surface area contributed by atoms with Crippen LogP contribution in [0.15, 0.2) is 73.1 Å². The van der Waals surface area contributed by atoms with Crippen LogP contribution in [0.4, 0.5) is 0 Å². The summed E-state index contributed by atoms with van der Waals surface area (Å²) in [5.74, 6) is 1.31. The fraction of sp³-hybridized carbons (Fsp3) is 0.308. The number of rotatable bonds is 6. The van der Waals surface area contributed by atoms with Gasteiger partial charge < -0.3 is 9.47 Å². The Hall–Kier alpha value is -3.22. The molecule has 2 aromatic carbocycles. The number of benzene rings is 2. The maximum absolute atomic E-state index is 5.95. The number of nitrogens with zero attached hydrogens (tertiary/aromatic N) is 4. The lowest BCUT2D eigenvalue weighted by Gasteiger charge is -2.24. The van der Waals surface area contributed by atoms with Crippen molar-refractivity contribution in [1.82, 2.24) is 19.5 Å². The van der Waals surface area contributed by atoms with E-state index < -0.39 is 0 Å². The van der Waals surface area contributed by atoms with Crippen LogP contribution in [0.25, 0.3) is 16.8 Å². The van der Waals surface area contributed by atoms with Gasteiger partial charge in [0, 0.05) is 43.5 Å². The van der Waals surface area contributed by atoms with E-state index in [1.807, 2.05) is 22.8 Å². The van der Waals surface area contributed by atoms with E-state index in [9.17, 15) is 0 Å². The smallest absolute Gasteiger partial charge is 0.153 e. The molecule has 0 N–H and O–H groups in total. The Morgan fingerprint density at radius 1 is 1.06 bits per heavy atom. The normalized spacial score (nSPS) is 17.3. The standard InChI is InChI=1S/C26H28N4O2/c1-31-25-9-7-22(21-5-3-2-4-6-21)16-23(25)18-29-13-14-32-19-20(17-29)15-24-8-10-26-27-11-12-30(26)28-24/h2-12,16,20H,13-15,17-19H2,1H3/t20-/m0/s1. The molecule has 6 nitrogen and oxygen atoms in total. The van der Waals surface area contributed by atoms with E-state index in [1.165, 1.54) is 16.7 Å². The van der Waals surface area contributed by atoms with Crippen molar-refractivity contribution in [2.24, 2.45) is 5.92 Å². The minimum absolute atomic E-state index is 0.384. The summed E-state index contributed by atoms with van der Waals surface area (Å²) in [5, 5.41) is 4.70. The van der Waals surface area contributed by atoms with Gasteiger partial charge in [0.1, 0.15) is 5.75 Å². The van der Waals surface area contributed by atoms with Gasteiger partial charge in [-0.2, -0.15) is 5.10 Å². The first-order valence-corrected chi connectivity index (χ1v) is 11.1. The highest BCUT2D eigenvalue weighted by Gasteiger charge is 2.21. The van der Waals surface area contributed by atoms with E-state index in [4.69, 9.17) is 14.6 Å². The first-order valence-electron chi connectivity index (χ1n) is 11.1. The summed E-state index contributed by atoms with van der Waals surface area (Å²) in [6.07, 6.45) is 4.55. The van der Waals surface area contributed by atoms with E-state index in [0.29, 0.717) is 5.92 Å². The third-order valence-electron chi connectivity index (χ3n) is 6.01. The largest absolute Gasteiger partial charge is 0.496 e. The highest BCUT2D eigenvalue weighted by atomic mass is 16.5. The molecule has 0 amide bonds. The minimum atomic E-state index is 0.384. The lowest BCUT2D eigenvalue weighted by atomic mass is 10.0. The van der Waals surface area contributed by atoms with Crippen LogP contribution in [0.2, 0.25) is 0 Å². The van der Waals surface area contributed by atoms with Gasteiger partial charge in [0.15, 0.2) is 5.65 Å². The first kappa shape index (κ1) is 20.7. The maximum Gasteiger partial charge on any atom is 0.153 e. The van der Waals surface area contributed by atoms with E-state index in [1.54, 1.807) is 13.3 Å². The van der Waals surface area contributed by atoms with Crippen molar-refractivity contribution in [2.45, 2.75) is 13.0 Å². The predicted octanol–water partition coefficient (Wildman–Crippen LogP) is 4.10. The number of ether oxygens (including phenoxy) is 2. The molecule has 6 heteroatoms. The minimum Gasteiger partial charge on any atom is -0.496 e. The monoisotopic (exact) mass is 428 g/mol. The Kier molecular flexibility index (Phi) is 6.14. The quantitative estimate of drug-likeness (QED) is 0.463. The Bertz CT molecular complexity index is 1170. The van der Waals surface area contributed by atoms with Crippen LogP contribution in [0.5, 0.6) is 5.75 Å². The van der Waals surface area contributed by atoms with Crippen LogP contribution in [0, 0.1) is 5.92 Å². The first-order chi connectivity index (χ1) is 15.8. The van der Waals surface area contributed by atoms with Crippen LogP contribution in [-0.4, -0.2) is 52.9 Å². The zero-order valence-electron chi connectivity index (χ0n) is 18.4. The molecule has 0 bridgehead atoms.